The number of hydrogen-bond donors (Lipinski definition) is 1. The van der Waals surface area contributed by atoms with Crippen molar-refractivity contribution >= 4 is 34.4 Å². The molecule has 3 heterocycles. The van der Waals surface area contributed by atoms with Crippen LogP contribution in [-0.2, 0) is 11.3 Å². The Morgan fingerprint density at radius 1 is 1.24 bits per heavy atom. The van der Waals surface area contributed by atoms with Gasteiger partial charge in [-0.1, -0.05) is 24.2 Å². The smallest absolute Gasteiger partial charge is 0.351 e. The van der Waals surface area contributed by atoms with Gasteiger partial charge < -0.3 is 14.9 Å². The number of rotatable bonds is 5. The first-order valence-electron chi connectivity index (χ1n) is 11.1. The standard InChI is InChI=1S/C24H23ClFN5O3/c1-2-19(33)29-8-10-30(11-9-29)22-15-12-16(25)21(20-17(26)4-3-5-18(20)32)27-23(15)31(24(34)28-22)13-14-6-7-14/h2-5,12,14,32H,1,6-11,13H2. The van der Waals surface area contributed by atoms with Crippen molar-refractivity contribution in [3.8, 4) is 17.0 Å². The third kappa shape index (κ3) is 4.00. The molecule has 1 N–H and O–H groups in total. The minimum Gasteiger partial charge on any atom is -0.507 e. The summed E-state index contributed by atoms with van der Waals surface area (Å²) < 4.78 is 16.1. The van der Waals surface area contributed by atoms with Crippen molar-refractivity contribution in [3.05, 3.63) is 58.2 Å². The van der Waals surface area contributed by atoms with Crippen LogP contribution < -0.4 is 10.6 Å². The van der Waals surface area contributed by atoms with E-state index < -0.39 is 11.5 Å². The first kappa shape index (κ1) is 22.3. The van der Waals surface area contributed by atoms with E-state index in [1.165, 1.54) is 28.8 Å². The summed E-state index contributed by atoms with van der Waals surface area (Å²) in [6.45, 7) is 5.86. The van der Waals surface area contributed by atoms with E-state index in [1.807, 2.05) is 4.90 Å². The summed E-state index contributed by atoms with van der Waals surface area (Å²) >= 11 is 6.55. The Bertz CT molecular complexity index is 1340. The number of aromatic hydroxyl groups is 1. The molecule has 2 fully saturated rings. The van der Waals surface area contributed by atoms with Crippen LogP contribution in [-0.4, -0.2) is 56.6 Å². The minimum absolute atomic E-state index is 0.0623. The maximum Gasteiger partial charge on any atom is 0.351 e. The fourth-order valence-electron chi connectivity index (χ4n) is 4.31. The molecule has 8 nitrogen and oxygen atoms in total. The third-order valence-corrected chi connectivity index (χ3v) is 6.60. The average molecular weight is 484 g/mol. The number of amides is 1. The van der Waals surface area contributed by atoms with Crippen LogP contribution in [0.4, 0.5) is 10.2 Å². The molecular formula is C24H23ClFN5O3. The Kier molecular flexibility index (Phi) is 5.73. The van der Waals surface area contributed by atoms with Crippen LogP contribution in [0.3, 0.4) is 0 Å². The van der Waals surface area contributed by atoms with Crippen LogP contribution in [0.25, 0.3) is 22.3 Å². The van der Waals surface area contributed by atoms with Gasteiger partial charge in [-0.05, 0) is 43.0 Å². The Labute approximate surface area is 199 Å². The maximum atomic E-state index is 14.6. The van der Waals surface area contributed by atoms with Crippen LogP contribution in [0.5, 0.6) is 5.75 Å². The molecule has 0 atom stereocenters. The largest absolute Gasteiger partial charge is 0.507 e. The van der Waals surface area contributed by atoms with Crippen molar-refractivity contribution in [3.63, 3.8) is 0 Å². The third-order valence-electron chi connectivity index (χ3n) is 6.32. The zero-order valence-corrected chi connectivity index (χ0v) is 19.1. The molecule has 1 amide bonds. The Hall–Kier alpha value is -3.46. The van der Waals surface area contributed by atoms with Gasteiger partial charge in [0.2, 0.25) is 5.91 Å². The quantitative estimate of drug-likeness (QED) is 0.560. The summed E-state index contributed by atoms with van der Waals surface area (Å²) in [4.78, 5) is 37.6. The van der Waals surface area contributed by atoms with Gasteiger partial charge in [0.15, 0.2) is 0 Å². The highest BCUT2D eigenvalue weighted by atomic mass is 35.5. The Morgan fingerprint density at radius 2 is 1.97 bits per heavy atom. The van der Waals surface area contributed by atoms with Gasteiger partial charge in [-0.25, -0.2) is 14.2 Å². The lowest BCUT2D eigenvalue weighted by Gasteiger charge is -2.35. The van der Waals surface area contributed by atoms with Crippen LogP contribution in [0.15, 0.2) is 41.7 Å². The van der Waals surface area contributed by atoms with E-state index >= 15 is 0 Å². The van der Waals surface area contributed by atoms with E-state index in [4.69, 9.17) is 11.6 Å². The number of phenols is 1. The lowest BCUT2D eigenvalue weighted by atomic mass is 10.1. The molecule has 0 radical (unpaired) electrons. The molecule has 3 aromatic rings. The first-order valence-corrected chi connectivity index (χ1v) is 11.5. The highest BCUT2D eigenvalue weighted by Gasteiger charge is 2.28. The Balaban J connectivity index is 1.65. The fraction of sp³-hybridized carbons (Fsp3) is 0.333. The number of nitrogens with zero attached hydrogens (tertiary/aromatic N) is 5. The zero-order chi connectivity index (χ0) is 24.0. The van der Waals surface area contributed by atoms with Crippen LogP contribution >= 0.6 is 11.6 Å². The van der Waals surface area contributed by atoms with E-state index in [1.54, 1.807) is 11.0 Å². The molecule has 0 spiro atoms. The number of piperazine rings is 1. The second-order valence-corrected chi connectivity index (χ2v) is 9.02. The molecule has 5 rings (SSSR count). The van der Waals surface area contributed by atoms with Gasteiger partial charge in [0.25, 0.3) is 0 Å². The van der Waals surface area contributed by atoms with Crippen molar-refractivity contribution < 1.29 is 14.3 Å². The predicted molar refractivity (Wildman–Crippen MR) is 128 cm³/mol. The highest BCUT2D eigenvalue weighted by molar-refractivity contribution is 6.34. The van der Waals surface area contributed by atoms with Gasteiger partial charge in [-0.3, -0.25) is 9.36 Å². The summed E-state index contributed by atoms with van der Waals surface area (Å²) in [6.07, 6.45) is 3.32. The first-order chi connectivity index (χ1) is 16.4. The number of carbonyl (C=O) groups excluding carboxylic acids is 1. The summed E-state index contributed by atoms with van der Waals surface area (Å²) in [5, 5.41) is 11.0. The van der Waals surface area contributed by atoms with Gasteiger partial charge in [-0.2, -0.15) is 4.98 Å². The molecule has 34 heavy (non-hydrogen) atoms. The summed E-state index contributed by atoms with van der Waals surface area (Å²) in [5.74, 6) is -0.304. The summed E-state index contributed by atoms with van der Waals surface area (Å²) in [5.41, 5.74) is -0.159. The molecule has 1 aliphatic heterocycles. The molecular weight excluding hydrogens is 461 g/mol. The van der Waals surface area contributed by atoms with E-state index in [-0.39, 0.29) is 27.9 Å². The van der Waals surface area contributed by atoms with E-state index in [0.29, 0.717) is 55.5 Å². The second-order valence-electron chi connectivity index (χ2n) is 8.61. The molecule has 2 aromatic heterocycles. The monoisotopic (exact) mass is 483 g/mol. The summed E-state index contributed by atoms with van der Waals surface area (Å²) in [6, 6.07) is 5.60. The van der Waals surface area contributed by atoms with Gasteiger partial charge in [0.1, 0.15) is 23.0 Å². The number of carbonyl (C=O) groups is 1. The maximum absolute atomic E-state index is 14.6. The molecule has 10 heteroatoms. The second kappa shape index (κ2) is 8.72. The molecule has 2 aliphatic rings. The van der Waals surface area contributed by atoms with Crippen LogP contribution in [0, 0.1) is 11.7 Å². The van der Waals surface area contributed by atoms with Crippen molar-refractivity contribution in [2.24, 2.45) is 5.92 Å². The molecule has 1 aromatic carbocycles. The fourth-order valence-corrected chi connectivity index (χ4v) is 4.55. The van der Waals surface area contributed by atoms with Gasteiger partial charge in [0, 0.05) is 32.7 Å². The van der Waals surface area contributed by atoms with Crippen molar-refractivity contribution in [1.29, 1.82) is 0 Å². The molecule has 0 bridgehead atoms. The van der Waals surface area contributed by atoms with Crippen molar-refractivity contribution in [2.75, 3.05) is 31.1 Å². The number of fused-ring (bicyclic) bond motifs is 1. The summed E-state index contributed by atoms with van der Waals surface area (Å²) in [7, 11) is 0. The zero-order valence-electron chi connectivity index (χ0n) is 18.4. The Morgan fingerprint density at radius 3 is 2.62 bits per heavy atom. The van der Waals surface area contributed by atoms with Crippen LogP contribution in [0.2, 0.25) is 5.02 Å². The predicted octanol–water partition coefficient (Wildman–Crippen LogP) is 3.20. The normalized spacial score (nSPS) is 16.2. The average Bonchev–Trinajstić information content (AvgIpc) is 3.65. The SMILES string of the molecule is C=CC(=O)N1CCN(c2nc(=O)n(CC3CC3)c3nc(-c4c(O)cccc4F)c(Cl)cc23)CC1. The number of aromatic nitrogens is 3. The topological polar surface area (TPSA) is 91.6 Å². The lowest BCUT2D eigenvalue weighted by Crippen LogP contribution is -2.49. The van der Waals surface area contributed by atoms with E-state index in [9.17, 15) is 19.1 Å². The number of hydrogen-bond acceptors (Lipinski definition) is 6. The van der Waals surface area contributed by atoms with E-state index in [0.717, 1.165) is 12.8 Å². The molecule has 1 aliphatic carbocycles. The number of pyridine rings is 1. The molecule has 1 saturated heterocycles. The lowest BCUT2D eigenvalue weighted by molar-refractivity contribution is -0.126. The molecule has 0 unspecified atom stereocenters. The minimum atomic E-state index is -0.665. The number of phenolic OH excluding ortho intramolecular Hbond substituents is 1. The van der Waals surface area contributed by atoms with Crippen molar-refractivity contribution in [1.82, 2.24) is 19.4 Å². The molecule has 1 saturated carbocycles. The highest BCUT2D eigenvalue weighted by Crippen LogP contribution is 2.38. The number of halogens is 2. The van der Waals surface area contributed by atoms with Crippen molar-refractivity contribution in [2.45, 2.75) is 19.4 Å². The van der Waals surface area contributed by atoms with Crippen LogP contribution in [0.1, 0.15) is 12.8 Å². The number of anilines is 1. The van der Waals surface area contributed by atoms with E-state index in [2.05, 4.69) is 16.5 Å². The van der Waals surface area contributed by atoms with Gasteiger partial charge in [0.05, 0.1) is 21.7 Å². The number of benzene rings is 1. The molecule has 176 valence electrons. The van der Waals surface area contributed by atoms with Gasteiger partial charge in [-0.15, -0.1) is 0 Å². The van der Waals surface area contributed by atoms with Gasteiger partial charge >= 0.3 is 5.69 Å².